The first-order valence-corrected chi connectivity index (χ1v) is 7.44. The zero-order valence-corrected chi connectivity index (χ0v) is 13.2. The number of benzene rings is 2. The summed E-state index contributed by atoms with van der Waals surface area (Å²) >= 11 is 3.27. The third-order valence-corrected chi connectivity index (χ3v) is 3.68. The molecule has 0 atom stereocenters. The summed E-state index contributed by atoms with van der Waals surface area (Å²) in [5, 5.41) is 0. The lowest BCUT2D eigenvalue weighted by molar-refractivity contribution is -0.121. The summed E-state index contributed by atoms with van der Waals surface area (Å²) < 4.78 is 13.4. The maximum Gasteiger partial charge on any atom is 0.270 e. The molecule has 22 heavy (non-hydrogen) atoms. The van der Waals surface area contributed by atoms with Gasteiger partial charge in [-0.1, -0.05) is 24.3 Å². The number of nitrogens with one attached hydrogen (secondary N) is 2. The van der Waals surface area contributed by atoms with E-state index >= 15 is 0 Å². The molecule has 0 saturated carbocycles. The van der Waals surface area contributed by atoms with Gasteiger partial charge in [-0.3, -0.25) is 20.4 Å². The molecule has 114 valence electrons. The van der Waals surface area contributed by atoms with Crippen molar-refractivity contribution in [3.05, 3.63) is 69.9 Å². The summed E-state index contributed by atoms with van der Waals surface area (Å²) in [5.41, 5.74) is 6.00. The maximum atomic E-state index is 12.8. The van der Waals surface area contributed by atoms with Gasteiger partial charge in [0.15, 0.2) is 0 Å². The van der Waals surface area contributed by atoms with E-state index in [0.29, 0.717) is 16.5 Å². The minimum atomic E-state index is -0.400. The Hall–Kier alpha value is -2.21. The first kappa shape index (κ1) is 16.2. The quantitative estimate of drug-likeness (QED) is 0.819. The Balaban J connectivity index is 1.79. The van der Waals surface area contributed by atoms with Crippen LogP contribution in [0, 0.1) is 5.82 Å². The van der Waals surface area contributed by atoms with Gasteiger partial charge < -0.3 is 0 Å². The van der Waals surface area contributed by atoms with Crippen LogP contribution >= 0.6 is 15.9 Å². The standard InChI is InChI=1S/C16H14BrFN2O2/c17-14-4-2-1-3-13(14)16(22)20-19-15(21)10-7-11-5-8-12(18)9-6-11/h1-6,8-9H,7,10H2,(H,19,21)(H,20,22). The first-order valence-electron chi connectivity index (χ1n) is 6.64. The minimum Gasteiger partial charge on any atom is -0.273 e. The van der Waals surface area contributed by atoms with E-state index in [9.17, 15) is 14.0 Å². The summed E-state index contributed by atoms with van der Waals surface area (Å²) in [4.78, 5) is 23.6. The molecule has 0 aliphatic rings. The lowest BCUT2D eigenvalue weighted by Gasteiger charge is -2.08. The number of aryl methyl sites for hydroxylation is 1. The van der Waals surface area contributed by atoms with Crippen molar-refractivity contribution in [2.24, 2.45) is 0 Å². The molecule has 2 N–H and O–H groups in total. The highest BCUT2D eigenvalue weighted by Crippen LogP contribution is 2.15. The van der Waals surface area contributed by atoms with E-state index in [1.54, 1.807) is 36.4 Å². The van der Waals surface area contributed by atoms with Crippen molar-refractivity contribution < 1.29 is 14.0 Å². The zero-order valence-electron chi connectivity index (χ0n) is 11.6. The van der Waals surface area contributed by atoms with Crippen molar-refractivity contribution in [3.63, 3.8) is 0 Å². The van der Waals surface area contributed by atoms with Gasteiger partial charge in [-0.25, -0.2) is 4.39 Å². The molecule has 6 heteroatoms. The van der Waals surface area contributed by atoms with Gasteiger partial charge in [0.05, 0.1) is 5.56 Å². The second kappa shape index (κ2) is 7.70. The highest BCUT2D eigenvalue weighted by Gasteiger charge is 2.10. The Kier molecular flexibility index (Phi) is 5.66. The van der Waals surface area contributed by atoms with E-state index in [4.69, 9.17) is 0 Å². The average Bonchev–Trinajstić information content (AvgIpc) is 2.52. The summed E-state index contributed by atoms with van der Waals surface area (Å²) in [5.74, 6) is -1.03. The van der Waals surface area contributed by atoms with Crippen LogP contribution in [0.2, 0.25) is 0 Å². The second-order valence-electron chi connectivity index (χ2n) is 4.61. The fourth-order valence-corrected chi connectivity index (χ4v) is 2.28. The van der Waals surface area contributed by atoms with Gasteiger partial charge >= 0.3 is 0 Å². The Morgan fingerprint density at radius 3 is 2.36 bits per heavy atom. The van der Waals surface area contributed by atoms with Gasteiger partial charge in [0.25, 0.3) is 5.91 Å². The first-order chi connectivity index (χ1) is 10.6. The van der Waals surface area contributed by atoms with Crippen LogP contribution in [0.25, 0.3) is 0 Å². The molecular formula is C16H14BrFN2O2. The number of hydrogen-bond acceptors (Lipinski definition) is 2. The molecule has 0 unspecified atom stereocenters. The smallest absolute Gasteiger partial charge is 0.270 e. The average molecular weight is 365 g/mol. The van der Waals surface area contributed by atoms with Gasteiger partial charge in [0.1, 0.15) is 5.82 Å². The van der Waals surface area contributed by atoms with Crippen LogP contribution in [0.15, 0.2) is 53.0 Å². The number of carbonyl (C=O) groups excluding carboxylic acids is 2. The van der Waals surface area contributed by atoms with E-state index in [1.165, 1.54) is 12.1 Å². The zero-order chi connectivity index (χ0) is 15.9. The lowest BCUT2D eigenvalue weighted by atomic mass is 10.1. The van der Waals surface area contributed by atoms with E-state index in [2.05, 4.69) is 26.8 Å². The van der Waals surface area contributed by atoms with Crippen LogP contribution in [0.5, 0.6) is 0 Å². The molecule has 0 spiro atoms. The molecule has 0 aliphatic heterocycles. The van der Waals surface area contributed by atoms with Crippen molar-refractivity contribution >= 4 is 27.7 Å². The van der Waals surface area contributed by atoms with Crippen LogP contribution in [-0.4, -0.2) is 11.8 Å². The summed E-state index contributed by atoms with van der Waals surface area (Å²) in [6.07, 6.45) is 0.666. The minimum absolute atomic E-state index is 0.196. The van der Waals surface area contributed by atoms with Crippen LogP contribution in [0.4, 0.5) is 4.39 Å². The molecule has 2 rings (SSSR count). The Bertz CT molecular complexity index is 674. The second-order valence-corrected chi connectivity index (χ2v) is 5.46. The molecular weight excluding hydrogens is 351 g/mol. The molecule has 0 heterocycles. The lowest BCUT2D eigenvalue weighted by Crippen LogP contribution is -2.41. The molecule has 0 bridgehead atoms. The molecule has 0 fully saturated rings. The van der Waals surface area contributed by atoms with Crippen LogP contribution in [0.1, 0.15) is 22.3 Å². The van der Waals surface area contributed by atoms with Crippen LogP contribution < -0.4 is 10.9 Å². The van der Waals surface area contributed by atoms with E-state index in [0.717, 1.165) is 5.56 Å². The fourth-order valence-electron chi connectivity index (χ4n) is 1.81. The predicted octanol–water partition coefficient (Wildman–Crippen LogP) is 2.98. The monoisotopic (exact) mass is 364 g/mol. The summed E-state index contributed by atoms with van der Waals surface area (Å²) in [6.45, 7) is 0. The van der Waals surface area contributed by atoms with Gasteiger partial charge in [-0.2, -0.15) is 0 Å². The largest absolute Gasteiger partial charge is 0.273 e. The van der Waals surface area contributed by atoms with E-state index in [-0.39, 0.29) is 18.1 Å². The van der Waals surface area contributed by atoms with Crippen molar-refractivity contribution in [1.29, 1.82) is 0 Å². The molecule has 2 aromatic rings. The molecule has 2 aromatic carbocycles. The Morgan fingerprint density at radius 1 is 1.00 bits per heavy atom. The number of halogens is 2. The van der Waals surface area contributed by atoms with Crippen molar-refractivity contribution in [2.45, 2.75) is 12.8 Å². The SMILES string of the molecule is O=C(CCc1ccc(F)cc1)NNC(=O)c1ccccc1Br. The topological polar surface area (TPSA) is 58.2 Å². The number of rotatable bonds is 4. The Morgan fingerprint density at radius 2 is 1.68 bits per heavy atom. The van der Waals surface area contributed by atoms with E-state index < -0.39 is 5.91 Å². The molecule has 0 aliphatic carbocycles. The third kappa shape index (κ3) is 4.66. The maximum absolute atomic E-state index is 12.8. The molecule has 0 radical (unpaired) electrons. The fraction of sp³-hybridized carbons (Fsp3) is 0.125. The van der Waals surface area contributed by atoms with Crippen LogP contribution in [-0.2, 0) is 11.2 Å². The number of carbonyl (C=O) groups is 2. The van der Waals surface area contributed by atoms with Crippen molar-refractivity contribution in [1.82, 2.24) is 10.9 Å². The number of hydrogen-bond donors (Lipinski definition) is 2. The van der Waals surface area contributed by atoms with Gasteiger partial charge in [-0.05, 0) is 52.2 Å². The van der Waals surface area contributed by atoms with Crippen molar-refractivity contribution in [2.75, 3.05) is 0 Å². The van der Waals surface area contributed by atoms with Gasteiger partial charge in [-0.15, -0.1) is 0 Å². The Labute approximate surface area is 135 Å². The third-order valence-electron chi connectivity index (χ3n) is 2.99. The summed E-state index contributed by atoms with van der Waals surface area (Å²) in [7, 11) is 0. The highest BCUT2D eigenvalue weighted by atomic mass is 79.9. The molecule has 0 aromatic heterocycles. The number of hydrazine groups is 1. The number of amides is 2. The van der Waals surface area contributed by atoms with Crippen molar-refractivity contribution in [3.8, 4) is 0 Å². The molecule has 0 saturated heterocycles. The predicted molar refractivity (Wildman–Crippen MR) is 84.5 cm³/mol. The van der Waals surface area contributed by atoms with Gasteiger partial charge in [0, 0.05) is 10.9 Å². The van der Waals surface area contributed by atoms with E-state index in [1.807, 2.05) is 0 Å². The highest BCUT2D eigenvalue weighted by molar-refractivity contribution is 9.10. The molecule has 2 amide bonds. The van der Waals surface area contributed by atoms with Crippen LogP contribution in [0.3, 0.4) is 0 Å². The normalized spacial score (nSPS) is 10.1. The summed E-state index contributed by atoms with van der Waals surface area (Å²) in [6, 6.07) is 12.9. The van der Waals surface area contributed by atoms with Gasteiger partial charge in [0.2, 0.25) is 5.91 Å². The molecule has 4 nitrogen and oxygen atoms in total.